The molecule has 2 rings (SSSR count). The second kappa shape index (κ2) is 9.48. The molecule has 146 valence electrons. The summed E-state index contributed by atoms with van der Waals surface area (Å²) in [6.07, 6.45) is -1.10. The summed E-state index contributed by atoms with van der Waals surface area (Å²) in [7, 11) is -3.92. The van der Waals surface area contributed by atoms with Gasteiger partial charge in [0.15, 0.2) is 0 Å². The molecule has 0 saturated carbocycles. The topological polar surface area (TPSA) is 103 Å². The highest BCUT2D eigenvalue weighted by Crippen LogP contribution is 2.45. The zero-order valence-corrected chi connectivity index (χ0v) is 16.1. The Morgan fingerprint density at radius 2 is 2.04 bits per heavy atom. The minimum atomic E-state index is -3.92. The van der Waals surface area contributed by atoms with Crippen LogP contribution in [0.5, 0.6) is 5.75 Å². The van der Waals surface area contributed by atoms with Gasteiger partial charge in [-0.2, -0.15) is 5.09 Å². The van der Waals surface area contributed by atoms with Crippen LogP contribution in [0, 0.1) is 0 Å². The van der Waals surface area contributed by atoms with Crippen LogP contribution in [0.15, 0.2) is 30.3 Å². The summed E-state index contributed by atoms with van der Waals surface area (Å²) < 4.78 is 34.5. The maximum absolute atomic E-state index is 13.1. The van der Waals surface area contributed by atoms with Crippen molar-refractivity contribution in [3.05, 3.63) is 30.3 Å². The molecule has 0 radical (unpaired) electrons. The number of aliphatic hydroxyl groups excluding tert-OH is 1. The number of esters is 1. The number of aliphatic hydroxyl groups is 1. The number of ether oxygens (including phenoxy) is 2. The standard InChI is InChI=1S/C17H26NO7P/c1-12(2)24-17(20)13(3)18-26(21,25-14-7-5-4-6-8-14)23-11-16-15(19)9-10-22-16/h4-8,12-13,15-16,19H,9-11H2,1-3H3,(H,18,21)/t13-,15+,16?,26?/m0/s1. The quantitative estimate of drug-likeness (QED) is 0.491. The van der Waals surface area contributed by atoms with Crippen LogP contribution in [0.25, 0.3) is 0 Å². The van der Waals surface area contributed by atoms with E-state index in [2.05, 4.69) is 5.09 Å². The van der Waals surface area contributed by atoms with Crippen molar-refractivity contribution in [3.63, 3.8) is 0 Å². The number of carbonyl (C=O) groups excluding carboxylic acids is 1. The van der Waals surface area contributed by atoms with Crippen LogP contribution in [-0.4, -0.2) is 48.6 Å². The Bertz CT molecular complexity index is 625. The molecule has 1 aromatic rings. The third kappa shape index (κ3) is 6.37. The lowest BCUT2D eigenvalue weighted by Crippen LogP contribution is -2.37. The van der Waals surface area contributed by atoms with E-state index in [9.17, 15) is 14.5 Å². The Morgan fingerprint density at radius 3 is 2.62 bits per heavy atom. The summed E-state index contributed by atoms with van der Waals surface area (Å²) in [5.74, 6) is -0.252. The molecule has 1 aliphatic rings. The first-order valence-electron chi connectivity index (χ1n) is 8.56. The van der Waals surface area contributed by atoms with Gasteiger partial charge >= 0.3 is 13.7 Å². The highest BCUT2D eigenvalue weighted by Gasteiger charge is 2.35. The molecule has 0 bridgehead atoms. The fraction of sp³-hybridized carbons (Fsp3) is 0.588. The molecule has 4 atom stereocenters. The Balaban J connectivity index is 2.06. The molecule has 26 heavy (non-hydrogen) atoms. The molecule has 0 spiro atoms. The monoisotopic (exact) mass is 387 g/mol. The lowest BCUT2D eigenvalue weighted by molar-refractivity contribution is -0.149. The van der Waals surface area contributed by atoms with Gasteiger partial charge in [0.1, 0.15) is 17.9 Å². The van der Waals surface area contributed by atoms with Gasteiger partial charge in [0.2, 0.25) is 0 Å². The summed E-state index contributed by atoms with van der Waals surface area (Å²) in [4.78, 5) is 12.0. The average Bonchev–Trinajstić information content (AvgIpc) is 2.98. The Hall–Kier alpha value is -1.44. The van der Waals surface area contributed by atoms with E-state index in [0.717, 1.165) is 0 Å². The molecular weight excluding hydrogens is 361 g/mol. The van der Waals surface area contributed by atoms with Crippen LogP contribution < -0.4 is 9.61 Å². The van der Waals surface area contributed by atoms with Gasteiger partial charge in [-0.25, -0.2) is 4.57 Å². The first kappa shape index (κ1) is 20.9. The summed E-state index contributed by atoms with van der Waals surface area (Å²) >= 11 is 0. The molecule has 0 aromatic heterocycles. The second-order valence-corrected chi connectivity index (χ2v) is 7.99. The second-order valence-electron chi connectivity index (χ2n) is 6.30. The Kier molecular flexibility index (Phi) is 7.61. The first-order valence-corrected chi connectivity index (χ1v) is 10.1. The lowest BCUT2D eigenvalue weighted by atomic mass is 10.2. The van der Waals surface area contributed by atoms with E-state index >= 15 is 0 Å². The van der Waals surface area contributed by atoms with Gasteiger partial charge in [-0.05, 0) is 39.3 Å². The molecule has 1 heterocycles. The van der Waals surface area contributed by atoms with Crippen LogP contribution in [0.2, 0.25) is 0 Å². The molecule has 9 heteroatoms. The van der Waals surface area contributed by atoms with Gasteiger partial charge in [0.05, 0.1) is 18.8 Å². The van der Waals surface area contributed by atoms with E-state index in [0.29, 0.717) is 18.8 Å². The van der Waals surface area contributed by atoms with Crippen molar-refractivity contribution in [2.24, 2.45) is 0 Å². The van der Waals surface area contributed by atoms with E-state index in [-0.39, 0.29) is 12.7 Å². The Labute approximate surface area is 153 Å². The highest BCUT2D eigenvalue weighted by molar-refractivity contribution is 7.52. The van der Waals surface area contributed by atoms with Crippen LogP contribution in [0.3, 0.4) is 0 Å². The summed E-state index contributed by atoms with van der Waals surface area (Å²) in [5.41, 5.74) is 0. The maximum Gasteiger partial charge on any atom is 0.459 e. The number of hydrogen-bond acceptors (Lipinski definition) is 7. The van der Waals surface area contributed by atoms with Crippen molar-refractivity contribution >= 4 is 13.7 Å². The Morgan fingerprint density at radius 1 is 1.35 bits per heavy atom. The fourth-order valence-corrected chi connectivity index (χ4v) is 3.80. The van der Waals surface area contributed by atoms with Crippen LogP contribution >= 0.6 is 7.75 Å². The number of para-hydroxylation sites is 1. The van der Waals surface area contributed by atoms with Crippen molar-refractivity contribution in [1.29, 1.82) is 0 Å². The highest BCUT2D eigenvalue weighted by atomic mass is 31.2. The van der Waals surface area contributed by atoms with E-state index in [1.165, 1.54) is 6.92 Å². The van der Waals surface area contributed by atoms with Crippen LogP contribution in [0.4, 0.5) is 0 Å². The largest absolute Gasteiger partial charge is 0.462 e. The average molecular weight is 387 g/mol. The van der Waals surface area contributed by atoms with E-state index in [1.807, 2.05) is 0 Å². The predicted molar refractivity (Wildman–Crippen MR) is 94.8 cm³/mol. The number of rotatable bonds is 9. The van der Waals surface area contributed by atoms with Gasteiger partial charge in [-0.3, -0.25) is 9.32 Å². The van der Waals surface area contributed by atoms with Crippen LogP contribution in [0.1, 0.15) is 27.2 Å². The smallest absolute Gasteiger partial charge is 0.459 e. The fourth-order valence-electron chi connectivity index (χ4n) is 2.30. The third-order valence-corrected chi connectivity index (χ3v) is 5.25. The number of benzene rings is 1. The summed E-state index contributed by atoms with van der Waals surface area (Å²) in [6.45, 7) is 5.23. The lowest BCUT2D eigenvalue weighted by Gasteiger charge is -2.24. The van der Waals surface area contributed by atoms with Crippen molar-refractivity contribution in [2.45, 2.75) is 51.5 Å². The number of carbonyl (C=O) groups is 1. The van der Waals surface area contributed by atoms with Crippen molar-refractivity contribution in [2.75, 3.05) is 13.2 Å². The minimum absolute atomic E-state index is 0.135. The maximum atomic E-state index is 13.1. The molecule has 1 fully saturated rings. The van der Waals surface area contributed by atoms with Gasteiger partial charge < -0.3 is 19.1 Å². The molecule has 1 aromatic carbocycles. The summed E-state index contributed by atoms with van der Waals surface area (Å²) in [5, 5.41) is 12.4. The van der Waals surface area contributed by atoms with Gasteiger partial charge in [-0.15, -0.1) is 0 Å². The zero-order chi connectivity index (χ0) is 19.2. The molecule has 0 aliphatic carbocycles. The van der Waals surface area contributed by atoms with Gasteiger partial charge in [-0.1, -0.05) is 18.2 Å². The molecule has 8 nitrogen and oxygen atoms in total. The zero-order valence-electron chi connectivity index (χ0n) is 15.2. The van der Waals surface area contributed by atoms with E-state index in [4.69, 9.17) is 18.5 Å². The molecular formula is C17H26NO7P. The van der Waals surface area contributed by atoms with Gasteiger partial charge in [0, 0.05) is 6.61 Å². The summed E-state index contributed by atoms with van der Waals surface area (Å²) in [6, 6.07) is 7.56. The van der Waals surface area contributed by atoms with Crippen molar-refractivity contribution < 1.29 is 33.0 Å². The van der Waals surface area contributed by atoms with Crippen molar-refractivity contribution in [3.8, 4) is 5.75 Å². The first-order chi connectivity index (χ1) is 12.3. The van der Waals surface area contributed by atoms with Crippen molar-refractivity contribution in [1.82, 2.24) is 5.09 Å². The van der Waals surface area contributed by atoms with E-state index < -0.39 is 32.0 Å². The third-order valence-electron chi connectivity index (χ3n) is 3.61. The molecule has 2 N–H and O–H groups in total. The van der Waals surface area contributed by atoms with E-state index in [1.54, 1.807) is 44.2 Å². The molecule has 1 saturated heterocycles. The number of nitrogens with one attached hydrogen (secondary N) is 1. The normalized spacial score (nSPS) is 23.4. The molecule has 0 amide bonds. The SMILES string of the molecule is CC(C)OC(=O)[C@H](C)NP(=O)(OCC1OCC[C@H]1O)Oc1ccccc1. The van der Waals surface area contributed by atoms with Crippen LogP contribution in [-0.2, 0) is 23.4 Å². The molecule has 1 aliphatic heterocycles. The predicted octanol–water partition coefficient (Wildman–Crippen LogP) is 2.27. The minimum Gasteiger partial charge on any atom is -0.462 e. The number of hydrogen-bond donors (Lipinski definition) is 2. The molecule has 2 unspecified atom stereocenters. The van der Waals surface area contributed by atoms with Gasteiger partial charge in [0.25, 0.3) is 0 Å².